The zero-order valence-corrected chi connectivity index (χ0v) is 9.13. The van der Waals surface area contributed by atoms with E-state index in [9.17, 15) is 0 Å². The van der Waals surface area contributed by atoms with E-state index in [2.05, 4.69) is 0 Å². The molecule has 1 rings (SSSR count). The lowest BCUT2D eigenvalue weighted by molar-refractivity contribution is -0.107. The quantitative estimate of drug-likeness (QED) is 0.655. The summed E-state index contributed by atoms with van der Waals surface area (Å²) < 4.78 is 4.94. The monoisotopic (exact) mass is 190 g/mol. The van der Waals surface area contributed by atoms with E-state index < -0.39 is 11.2 Å². The average molecular weight is 190 g/mol. The van der Waals surface area contributed by atoms with Gasteiger partial charge in [-0.2, -0.15) is 0 Å². The van der Waals surface area contributed by atoms with Crippen molar-refractivity contribution < 1.29 is 14.9 Å². The van der Waals surface area contributed by atoms with E-state index in [4.69, 9.17) is 14.9 Å². The molecule has 1 heterocycles. The first-order valence-corrected chi connectivity index (χ1v) is 4.77. The molecule has 0 aromatic carbocycles. The zero-order chi connectivity index (χ0) is 10.5. The van der Waals surface area contributed by atoms with Crippen molar-refractivity contribution in [1.82, 2.24) is 0 Å². The molecule has 1 aliphatic rings. The number of ether oxygens (including phenoxy) is 1. The molecule has 0 aromatic heterocycles. The van der Waals surface area contributed by atoms with Gasteiger partial charge in [0.25, 0.3) is 0 Å². The average Bonchev–Trinajstić information content (AvgIpc) is 2.35. The summed E-state index contributed by atoms with van der Waals surface area (Å²) in [5.74, 6) is 0. The molecule has 0 unspecified atom stereocenters. The molecule has 1 saturated heterocycles. The van der Waals surface area contributed by atoms with Crippen LogP contribution in [-0.4, -0.2) is 34.6 Å². The molecular weight excluding hydrogens is 168 g/mol. The highest BCUT2D eigenvalue weighted by molar-refractivity contribution is 4.84. The standard InChI is InChI=1S/C6H14O2.C4H8O/c1-5(2,7)6(3,4)8;1-2-4-5-3-1/h7-8H,1-4H3;1-4H2. The fraction of sp³-hybridized carbons (Fsp3) is 1.00. The second-order valence-electron chi connectivity index (χ2n) is 4.44. The Bertz CT molecular complexity index is 106. The molecule has 1 fully saturated rings. The lowest BCUT2D eigenvalue weighted by Crippen LogP contribution is -2.44. The maximum absolute atomic E-state index is 9.10. The van der Waals surface area contributed by atoms with Crippen LogP contribution in [-0.2, 0) is 4.74 Å². The van der Waals surface area contributed by atoms with E-state index in [1.54, 1.807) is 27.7 Å². The number of hydrogen-bond donors (Lipinski definition) is 2. The van der Waals surface area contributed by atoms with Gasteiger partial charge in [-0.3, -0.25) is 0 Å². The van der Waals surface area contributed by atoms with Gasteiger partial charge >= 0.3 is 0 Å². The molecule has 0 aliphatic carbocycles. The Kier molecular flexibility index (Phi) is 4.89. The second-order valence-corrected chi connectivity index (χ2v) is 4.44. The first kappa shape index (κ1) is 12.9. The minimum atomic E-state index is -1.01. The van der Waals surface area contributed by atoms with Crippen molar-refractivity contribution in [1.29, 1.82) is 0 Å². The highest BCUT2D eigenvalue weighted by Crippen LogP contribution is 2.19. The van der Waals surface area contributed by atoms with E-state index in [0.29, 0.717) is 0 Å². The van der Waals surface area contributed by atoms with Crippen LogP contribution in [0, 0.1) is 0 Å². The summed E-state index contributed by atoms with van der Waals surface area (Å²) in [6.45, 7) is 8.31. The molecule has 3 heteroatoms. The summed E-state index contributed by atoms with van der Waals surface area (Å²) in [4.78, 5) is 0. The summed E-state index contributed by atoms with van der Waals surface area (Å²) in [7, 11) is 0. The lowest BCUT2D eigenvalue weighted by Gasteiger charge is -2.31. The van der Waals surface area contributed by atoms with Crippen LogP contribution in [0.3, 0.4) is 0 Å². The minimum Gasteiger partial charge on any atom is -0.387 e. The van der Waals surface area contributed by atoms with E-state index in [1.807, 2.05) is 0 Å². The van der Waals surface area contributed by atoms with Crippen LogP contribution in [0.5, 0.6) is 0 Å². The maximum Gasteiger partial charge on any atom is 0.0872 e. The molecule has 0 amide bonds. The van der Waals surface area contributed by atoms with Crippen LogP contribution in [0.2, 0.25) is 0 Å². The Morgan fingerprint density at radius 1 is 0.846 bits per heavy atom. The molecule has 0 radical (unpaired) electrons. The van der Waals surface area contributed by atoms with Gasteiger partial charge in [-0.25, -0.2) is 0 Å². The van der Waals surface area contributed by atoms with Gasteiger partial charge in [0.1, 0.15) is 0 Å². The van der Waals surface area contributed by atoms with Crippen molar-refractivity contribution in [3.8, 4) is 0 Å². The summed E-state index contributed by atoms with van der Waals surface area (Å²) in [5, 5.41) is 18.2. The number of aliphatic hydroxyl groups is 2. The van der Waals surface area contributed by atoms with Crippen molar-refractivity contribution in [2.45, 2.75) is 51.7 Å². The van der Waals surface area contributed by atoms with Gasteiger partial charge in [0.2, 0.25) is 0 Å². The molecule has 1 aliphatic heterocycles. The first-order valence-electron chi connectivity index (χ1n) is 4.77. The topological polar surface area (TPSA) is 49.7 Å². The highest BCUT2D eigenvalue weighted by atomic mass is 16.5. The zero-order valence-electron chi connectivity index (χ0n) is 9.13. The smallest absolute Gasteiger partial charge is 0.0872 e. The van der Waals surface area contributed by atoms with Crippen LogP contribution in [0.25, 0.3) is 0 Å². The summed E-state index contributed by atoms with van der Waals surface area (Å²) in [5.41, 5.74) is -2.01. The molecular formula is C10H22O3. The largest absolute Gasteiger partial charge is 0.387 e. The van der Waals surface area contributed by atoms with Gasteiger partial charge in [0.05, 0.1) is 11.2 Å². The molecule has 0 bridgehead atoms. The minimum absolute atomic E-state index is 1.00. The molecule has 2 N–H and O–H groups in total. The summed E-state index contributed by atoms with van der Waals surface area (Å²) >= 11 is 0. The van der Waals surface area contributed by atoms with Crippen LogP contribution < -0.4 is 0 Å². The molecule has 0 aromatic rings. The predicted octanol–water partition coefficient (Wildman–Crippen LogP) is 1.32. The van der Waals surface area contributed by atoms with E-state index in [0.717, 1.165) is 13.2 Å². The third-order valence-electron chi connectivity index (χ3n) is 2.32. The molecule has 0 saturated carbocycles. The van der Waals surface area contributed by atoms with Crippen molar-refractivity contribution in [2.75, 3.05) is 13.2 Å². The molecule has 13 heavy (non-hydrogen) atoms. The first-order chi connectivity index (χ1) is 5.75. The van der Waals surface area contributed by atoms with Crippen molar-refractivity contribution in [2.24, 2.45) is 0 Å². The third-order valence-corrected chi connectivity index (χ3v) is 2.32. The van der Waals surface area contributed by atoms with E-state index in [-0.39, 0.29) is 0 Å². The van der Waals surface area contributed by atoms with Crippen molar-refractivity contribution in [3.63, 3.8) is 0 Å². The Hall–Kier alpha value is -0.120. The Morgan fingerprint density at radius 3 is 1.23 bits per heavy atom. The highest BCUT2D eigenvalue weighted by Gasteiger charge is 2.31. The SMILES string of the molecule is C1CCOC1.CC(C)(O)C(C)(C)O. The second kappa shape index (κ2) is 4.94. The van der Waals surface area contributed by atoms with Crippen molar-refractivity contribution in [3.05, 3.63) is 0 Å². The van der Waals surface area contributed by atoms with Crippen LogP contribution in [0.4, 0.5) is 0 Å². The third kappa shape index (κ3) is 6.02. The van der Waals surface area contributed by atoms with Gasteiger partial charge < -0.3 is 14.9 Å². The normalized spacial score (nSPS) is 18.0. The van der Waals surface area contributed by atoms with Gasteiger partial charge in [0, 0.05) is 13.2 Å². The summed E-state index contributed by atoms with van der Waals surface area (Å²) in [6, 6.07) is 0. The molecule has 0 spiro atoms. The Balaban J connectivity index is 0.000000243. The predicted molar refractivity (Wildman–Crippen MR) is 52.6 cm³/mol. The Morgan fingerprint density at radius 2 is 1.15 bits per heavy atom. The van der Waals surface area contributed by atoms with Gasteiger partial charge in [-0.15, -0.1) is 0 Å². The van der Waals surface area contributed by atoms with E-state index in [1.165, 1.54) is 12.8 Å². The number of rotatable bonds is 1. The van der Waals surface area contributed by atoms with E-state index >= 15 is 0 Å². The van der Waals surface area contributed by atoms with Crippen LogP contribution in [0.15, 0.2) is 0 Å². The molecule has 3 nitrogen and oxygen atoms in total. The summed E-state index contributed by atoms with van der Waals surface area (Å²) in [6.07, 6.45) is 2.56. The van der Waals surface area contributed by atoms with Gasteiger partial charge in [0.15, 0.2) is 0 Å². The van der Waals surface area contributed by atoms with Gasteiger partial charge in [-0.1, -0.05) is 0 Å². The van der Waals surface area contributed by atoms with Crippen molar-refractivity contribution >= 4 is 0 Å². The maximum atomic E-state index is 9.10. The van der Waals surface area contributed by atoms with Crippen LogP contribution >= 0.6 is 0 Å². The Labute approximate surface area is 80.7 Å². The fourth-order valence-electron chi connectivity index (χ4n) is 0.510. The van der Waals surface area contributed by atoms with Gasteiger partial charge in [-0.05, 0) is 40.5 Å². The number of hydrogen-bond acceptors (Lipinski definition) is 3. The lowest BCUT2D eigenvalue weighted by atomic mass is 9.90. The molecule has 80 valence electrons. The molecule has 0 atom stereocenters. The fourth-order valence-corrected chi connectivity index (χ4v) is 0.510. The van der Waals surface area contributed by atoms with Crippen LogP contribution in [0.1, 0.15) is 40.5 Å².